The highest BCUT2D eigenvalue weighted by atomic mass is 16.5. The standard InChI is InChI=1S/C23H25NO2/c1-25-18-11-13-22(26-2)20(16-18)23-19-9-5-4-8-17(19)10-12-21(23)24-14-6-3-7-15-24/h4-5,8-13,16H,3,6-7,14-15H2,1-2H3. The maximum absolute atomic E-state index is 5.72. The minimum absolute atomic E-state index is 0.846. The highest BCUT2D eigenvalue weighted by molar-refractivity contribution is 6.04. The predicted molar refractivity (Wildman–Crippen MR) is 109 cm³/mol. The summed E-state index contributed by atoms with van der Waals surface area (Å²) in [5.41, 5.74) is 3.61. The van der Waals surface area contributed by atoms with Crippen molar-refractivity contribution in [1.82, 2.24) is 0 Å². The Morgan fingerprint density at radius 1 is 0.808 bits per heavy atom. The molecule has 26 heavy (non-hydrogen) atoms. The van der Waals surface area contributed by atoms with E-state index in [4.69, 9.17) is 9.47 Å². The third-order valence-corrected chi connectivity index (χ3v) is 5.28. The van der Waals surface area contributed by atoms with E-state index in [-0.39, 0.29) is 0 Å². The summed E-state index contributed by atoms with van der Waals surface area (Å²) in [6.45, 7) is 2.22. The zero-order valence-electron chi connectivity index (χ0n) is 15.5. The number of benzene rings is 3. The number of hydrogen-bond donors (Lipinski definition) is 0. The second-order valence-electron chi connectivity index (χ2n) is 6.79. The molecule has 3 nitrogen and oxygen atoms in total. The first-order chi connectivity index (χ1) is 12.8. The van der Waals surface area contributed by atoms with Gasteiger partial charge in [-0.1, -0.05) is 30.3 Å². The van der Waals surface area contributed by atoms with Gasteiger partial charge in [-0.15, -0.1) is 0 Å². The minimum Gasteiger partial charge on any atom is -0.497 e. The van der Waals surface area contributed by atoms with Crippen LogP contribution >= 0.6 is 0 Å². The molecule has 3 aromatic rings. The van der Waals surface area contributed by atoms with Gasteiger partial charge in [-0.3, -0.25) is 0 Å². The van der Waals surface area contributed by atoms with Crippen LogP contribution in [0.25, 0.3) is 21.9 Å². The summed E-state index contributed by atoms with van der Waals surface area (Å²) in [5.74, 6) is 1.72. The molecule has 1 aliphatic rings. The van der Waals surface area contributed by atoms with Gasteiger partial charge >= 0.3 is 0 Å². The molecule has 0 aromatic heterocycles. The molecule has 0 radical (unpaired) electrons. The van der Waals surface area contributed by atoms with Crippen LogP contribution in [0.15, 0.2) is 54.6 Å². The first-order valence-electron chi connectivity index (χ1n) is 9.31. The number of rotatable bonds is 4. The highest BCUT2D eigenvalue weighted by Gasteiger charge is 2.20. The van der Waals surface area contributed by atoms with Crippen LogP contribution < -0.4 is 14.4 Å². The highest BCUT2D eigenvalue weighted by Crippen LogP contribution is 2.43. The molecule has 0 aliphatic carbocycles. The lowest BCUT2D eigenvalue weighted by Crippen LogP contribution is -2.29. The molecule has 3 heteroatoms. The molecular formula is C23H25NO2. The van der Waals surface area contributed by atoms with Crippen molar-refractivity contribution >= 4 is 16.5 Å². The van der Waals surface area contributed by atoms with Gasteiger partial charge in [0.15, 0.2) is 0 Å². The molecule has 1 fully saturated rings. The fraction of sp³-hybridized carbons (Fsp3) is 0.304. The maximum Gasteiger partial charge on any atom is 0.127 e. The first kappa shape index (κ1) is 16.8. The van der Waals surface area contributed by atoms with Gasteiger partial charge < -0.3 is 14.4 Å². The lowest BCUT2D eigenvalue weighted by molar-refractivity contribution is 0.404. The Labute approximate surface area is 155 Å². The summed E-state index contributed by atoms with van der Waals surface area (Å²) in [6.07, 6.45) is 3.82. The average molecular weight is 347 g/mol. The number of ether oxygens (including phenoxy) is 2. The molecule has 0 spiro atoms. The number of fused-ring (bicyclic) bond motifs is 1. The molecular weight excluding hydrogens is 322 g/mol. The van der Waals surface area contributed by atoms with Crippen LogP contribution in [0.2, 0.25) is 0 Å². The summed E-state index contributed by atoms with van der Waals surface area (Å²) in [7, 11) is 3.44. The van der Waals surface area contributed by atoms with E-state index in [0.29, 0.717) is 0 Å². The Kier molecular flexibility index (Phi) is 4.70. The van der Waals surface area contributed by atoms with E-state index >= 15 is 0 Å². The molecule has 4 rings (SSSR count). The number of nitrogens with zero attached hydrogens (tertiary/aromatic N) is 1. The van der Waals surface area contributed by atoms with Crippen LogP contribution in [0.5, 0.6) is 11.5 Å². The summed E-state index contributed by atoms with van der Waals surface area (Å²) in [4.78, 5) is 2.52. The van der Waals surface area contributed by atoms with E-state index in [1.807, 2.05) is 12.1 Å². The molecule has 1 heterocycles. The van der Waals surface area contributed by atoms with Gasteiger partial charge in [0, 0.05) is 29.9 Å². The zero-order valence-corrected chi connectivity index (χ0v) is 15.5. The van der Waals surface area contributed by atoms with Crippen LogP contribution in [0.3, 0.4) is 0 Å². The molecule has 1 saturated heterocycles. The lowest BCUT2D eigenvalue weighted by Gasteiger charge is -2.31. The predicted octanol–water partition coefficient (Wildman–Crippen LogP) is 5.51. The molecule has 134 valence electrons. The van der Waals surface area contributed by atoms with Crippen molar-refractivity contribution in [3.63, 3.8) is 0 Å². The molecule has 0 bridgehead atoms. The Hall–Kier alpha value is -2.68. The topological polar surface area (TPSA) is 21.7 Å². The Morgan fingerprint density at radius 2 is 1.62 bits per heavy atom. The smallest absolute Gasteiger partial charge is 0.127 e. The minimum atomic E-state index is 0.846. The zero-order chi connectivity index (χ0) is 17.9. The number of hydrogen-bond acceptors (Lipinski definition) is 3. The largest absolute Gasteiger partial charge is 0.497 e. The molecule has 0 amide bonds. The molecule has 0 atom stereocenters. The van der Waals surface area contributed by atoms with Crippen molar-refractivity contribution in [2.75, 3.05) is 32.2 Å². The molecule has 0 saturated carbocycles. The second kappa shape index (κ2) is 7.28. The maximum atomic E-state index is 5.72. The van der Waals surface area contributed by atoms with Crippen molar-refractivity contribution in [2.45, 2.75) is 19.3 Å². The fourth-order valence-corrected chi connectivity index (χ4v) is 3.95. The monoisotopic (exact) mass is 347 g/mol. The second-order valence-corrected chi connectivity index (χ2v) is 6.79. The third kappa shape index (κ3) is 2.98. The molecule has 0 unspecified atom stereocenters. The van der Waals surface area contributed by atoms with Crippen LogP contribution in [0, 0.1) is 0 Å². The summed E-state index contributed by atoms with van der Waals surface area (Å²) in [5, 5.41) is 2.50. The molecule has 1 aliphatic heterocycles. The third-order valence-electron chi connectivity index (χ3n) is 5.28. The SMILES string of the molecule is COc1ccc(OC)c(-c2c(N3CCCCC3)ccc3ccccc23)c1. The van der Waals surface area contributed by atoms with Gasteiger partial charge in [0.1, 0.15) is 11.5 Å². The van der Waals surface area contributed by atoms with Crippen molar-refractivity contribution < 1.29 is 9.47 Å². The van der Waals surface area contributed by atoms with Gasteiger partial charge in [-0.05, 0) is 54.3 Å². The van der Waals surface area contributed by atoms with E-state index in [1.165, 1.54) is 41.3 Å². The Balaban J connectivity index is 2.00. The fourth-order valence-electron chi connectivity index (χ4n) is 3.95. The van der Waals surface area contributed by atoms with Crippen LogP contribution in [-0.4, -0.2) is 27.3 Å². The number of anilines is 1. The van der Waals surface area contributed by atoms with E-state index < -0.39 is 0 Å². The van der Waals surface area contributed by atoms with Gasteiger partial charge in [0.2, 0.25) is 0 Å². The van der Waals surface area contributed by atoms with Gasteiger partial charge in [0.05, 0.1) is 14.2 Å². The quantitative estimate of drug-likeness (QED) is 0.621. The Morgan fingerprint density at radius 3 is 2.38 bits per heavy atom. The van der Waals surface area contributed by atoms with E-state index in [9.17, 15) is 0 Å². The van der Waals surface area contributed by atoms with Crippen molar-refractivity contribution in [1.29, 1.82) is 0 Å². The van der Waals surface area contributed by atoms with Crippen molar-refractivity contribution in [3.05, 3.63) is 54.6 Å². The van der Waals surface area contributed by atoms with E-state index in [0.717, 1.165) is 30.2 Å². The summed E-state index contributed by atoms with van der Waals surface area (Å²) in [6, 6.07) is 19.1. The average Bonchev–Trinajstić information content (AvgIpc) is 2.73. The van der Waals surface area contributed by atoms with Gasteiger partial charge in [-0.25, -0.2) is 0 Å². The molecule has 0 N–H and O–H groups in total. The van der Waals surface area contributed by atoms with E-state index in [1.54, 1.807) is 14.2 Å². The molecule has 3 aromatic carbocycles. The first-order valence-corrected chi connectivity index (χ1v) is 9.31. The summed E-state index contributed by atoms with van der Waals surface area (Å²) >= 11 is 0. The Bertz CT molecular complexity index is 913. The van der Waals surface area contributed by atoms with Gasteiger partial charge in [0.25, 0.3) is 0 Å². The van der Waals surface area contributed by atoms with Crippen LogP contribution in [0.4, 0.5) is 5.69 Å². The van der Waals surface area contributed by atoms with Crippen LogP contribution in [0.1, 0.15) is 19.3 Å². The normalized spacial score (nSPS) is 14.5. The van der Waals surface area contributed by atoms with Crippen molar-refractivity contribution in [3.8, 4) is 22.6 Å². The number of methoxy groups -OCH3 is 2. The van der Waals surface area contributed by atoms with E-state index in [2.05, 4.69) is 47.4 Å². The van der Waals surface area contributed by atoms with Crippen LogP contribution in [-0.2, 0) is 0 Å². The summed E-state index contributed by atoms with van der Waals surface area (Å²) < 4.78 is 11.2. The lowest BCUT2D eigenvalue weighted by atomic mass is 9.94. The van der Waals surface area contributed by atoms with Crippen molar-refractivity contribution in [2.24, 2.45) is 0 Å². The number of piperidine rings is 1. The van der Waals surface area contributed by atoms with Gasteiger partial charge in [-0.2, -0.15) is 0 Å².